The maximum absolute atomic E-state index is 13.2. The van der Waals surface area contributed by atoms with Crippen LogP contribution in [0.5, 0.6) is 5.75 Å². The highest BCUT2D eigenvalue weighted by atomic mass is 79.9. The molecule has 3 aromatic rings. The van der Waals surface area contributed by atoms with E-state index in [1.807, 2.05) is 30.3 Å². The minimum absolute atomic E-state index is 0.0103. The summed E-state index contributed by atoms with van der Waals surface area (Å²) >= 11 is 6.43. The van der Waals surface area contributed by atoms with E-state index in [4.69, 9.17) is 9.72 Å². The number of anilines is 1. The molecule has 2 aromatic heterocycles. The fourth-order valence-electron chi connectivity index (χ4n) is 2.77. The van der Waals surface area contributed by atoms with Crippen molar-refractivity contribution in [1.82, 2.24) is 9.88 Å². The van der Waals surface area contributed by atoms with E-state index in [2.05, 4.69) is 34.7 Å². The second-order valence-corrected chi connectivity index (χ2v) is 9.39. The van der Waals surface area contributed by atoms with Crippen molar-refractivity contribution in [2.75, 3.05) is 38.2 Å². The number of aromatic nitrogens is 1. The topological polar surface area (TPSA) is 45.7 Å². The fraction of sp³-hybridized carbons (Fsp3) is 0.368. The number of halogens is 1. The van der Waals surface area contributed by atoms with Crippen LogP contribution in [0.15, 0.2) is 34.1 Å². The molecule has 8 heteroatoms. The number of carbonyl (C=O) groups is 1. The lowest BCUT2D eigenvalue weighted by Crippen LogP contribution is -2.38. The van der Waals surface area contributed by atoms with Crippen molar-refractivity contribution in [1.29, 1.82) is 0 Å². The SMILES string of the molecule is CCN(CC)CCN(C(=O)c1ccc(Br)s1)c1nc2cc(OC)ccc2s1. The first kappa shape index (κ1) is 20.3. The third-order valence-electron chi connectivity index (χ3n) is 4.38. The van der Waals surface area contributed by atoms with Crippen LogP contribution >= 0.6 is 38.6 Å². The Morgan fingerprint density at radius 2 is 1.93 bits per heavy atom. The van der Waals surface area contributed by atoms with Gasteiger partial charge in [-0.3, -0.25) is 9.69 Å². The third-order valence-corrected chi connectivity index (χ3v) is 7.05. The first-order chi connectivity index (χ1) is 13.0. The molecule has 0 aliphatic carbocycles. The van der Waals surface area contributed by atoms with Gasteiger partial charge in [0.05, 0.1) is 26.0 Å². The van der Waals surface area contributed by atoms with Crippen molar-refractivity contribution in [2.45, 2.75) is 13.8 Å². The maximum Gasteiger partial charge on any atom is 0.270 e. The standard InChI is InChI=1S/C19H22BrN3O2S2/c1-4-22(5-2)10-11-23(18(24)16-8-9-17(20)26-16)19-21-14-12-13(25-3)6-7-15(14)27-19/h6-9,12H,4-5,10-11H2,1-3H3. The summed E-state index contributed by atoms with van der Waals surface area (Å²) < 4.78 is 7.28. The summed E-state index contributed by atoms with van der Waals surface area (Å²) in [7, 11) is 1.64. The molecule has 0 fully saturated rings. The number of methoxy groups -OCH3 is 1. The van der Waals surface area contributed by atoms with Gasteiger partial charge in [0.15, 0.2) is 5.13 Å². The summed E-state index contributed by atoms with van der Waals surface area (Å²) in [5.74, 6) is 0.756. The number of thiazole rings is 1. The number of fused-ring (bicyclic) bond motifs is 1. The lowest BCUT2D eigenvalue weighted by atomic mass is 10.3. The second-order valence-electron chi connectivity index (χ2n) is 5.92. The monoisotopic (exact) mass is 467 g/mol. The number of hydrogen-bond acceptors (Lipinski definition) is 6. The molecular weight excluding hydrogens is 446 g/mol. The molecule has 0 spiro atoms. The van der Waals surface area contributed by atoms with Crippen molar-refractivity contribution in [3.05, 3.63) is 39.0 Å². The molecule has 0 aliphatic rings. The molecule has 0 saturated heterocycles. The minimum Gasteiger partial charge on any atom is -0.497 e. The van der Waals surface area contributed by atoms with Crippen LogP contribution < -0.4 is 9.64 Å². The molecule has 0 bridgehead atoms. The number of nitrogens with zero attached hydrogens (tertiary/aromatic N) is 3. The van der Waals surface area contributed by atoms with Crippen LogP contribution in [-0.4, -0.2) is 49.1 Å². The number of rotatable bonds is 8. The summed E-state index contributed by atoms with van der Waals surface area (Å²) in [6.45, 7) is 7.60. The first-order valence-electron chi connectivity index (χ1n) is 8.79. The molecule has 1 amide bonds. The Morgan fingerprint density at radius 1 is 1.15 bits per heavy atom. The van der Waals surface area contributed by atoms with E-state index in [-0.39, 0.29) is 5.91 Å². The second kappa shape index (κ2) is 9.14. The predicted molar refractivity (Wildman–Crippen MR) is 118 cm³/mol. The highest BCUT2D eigenvalue weighted by molar-refractivity contribution is 9.11. The van der Waals surface area contributed by atoms with Crippen molar-refractivity contribution in [3.63, 3.8) is 0 Å². The Morgan fingerprint density at radius 3 is 2.56 bits per heavy atom. The van der Waals surface area contributed by atoms with Crippen LogP contribution in [0, 0.1) is 0 Å². The Labute approximate surface area is 175 Å². The third kappa shape index (κ3) is 4.68. The van der Waals surface area contributed by atoms with Gasteiger partial charge in [0.1, 0.15) is 5.75 Å². The molecular formula is C19H22BrN3O2S2. The number of benzene rings is 1. The lowest BCUT2D eigenvalue weighted by Gasteiger charge is -2.24. The maximum atomic E-state index is 13.2. The van der Waals surface area contributed by atoms with Gasteiger partial charge in [-0.05, 0) is 53.3 Å². The molecule has 2 heterocycles. The summed E-state index contributed by atoms with van der Waals surface area (Å²) in [5, 5.41) is 0.722. The smallest absolute Gasteiger partial charge is 0.270 e. The highest BCUT2D eigenvalue weighted by Crippen LogP contribution is 2.33. The molecule has 0 radical (unpaired) electrons. The molecule has 3 rings (SSSR count). The molecule has 5 nitrogen and oxygen atoms in total. The highest BCUT2D eigenvalue weighted by Gasteiger charge is 2.23. The van der Waals surface area contributed by atoms with Gasteiger partial charge in [-0.15, -0.1) is 11.3 Å². The Balaban J connectivity index is 1.94. The molecule has 0 atom stereocenters. The van der Waals surface area contributed by atoms with Crippen LogP contribution in [0.25, 0.3) is 10.2 Å². The summed E-state index contributed by atoms with van der Waals surface area (Å²) in [5.41, 5.74) is 0.849. The van der Waals surface area contributed by atoms with E-state index in [0.29, 0.717) is 11.4 Å². The van der Waals surface area contributed by atoms with E-state index >= 15 is 0 Å². The molecule has 0 N–H and O–H groups in total. The average Bonchev–Trinajstić information content (AvgIpc) is 3.30. The Hall–Kier alpha value is -1.48. The first-order valence-corrected chi connectivity index (χ1v) is 11.2. The van der Waals surface area contributed by atoms with Crippen molar-refractivity contribution < 1.29 is 9.53 Å². The van der Waals surface area contributed by atoms with Crippen LogP contribution in [-0.2, 0) is 0 Å². The number of carbonyl (C=O) groups excluding carboxylic acids is 1. The average molecular weight is 468 g/mol. The Bertz CT molecular complexity index is 921. The van der Waals surface area contributed by atoms with Gasteiger partial charge in [-0.25, -0.2) is 4.98 Å². The van der Waals surface area contributed by atoms with E-state index in [1.54, 1.807) is 12.0 Å². The van der Waals surface area contributed by atoms with Gasteiger partial charge in [-0.1, -0.05) is 25.2 Å². The number of ether oxygens (including phenoxy) is 1. The van der Waals surface area contributed by atoms with Gasteiger partial charge >= 0.3 is 0 Å². The molecule has 0 aliphatic heterocycles. The van der Waals surface area contributed by atoms with E-state index < -0.39 is 0 Å². The van der Waals surface area contributed by atoms with E-state index in [9.17, 15) is 4.79 Å². The van der Waals surface area contributed by atoms with Gasteiger partial charge < -0.3 is 9.64 Å². The van der Waals surface area contributed by atoms with Gasteiger partial charge in [-0.2, -0.15) is 0 Å². The van der Waals surface area contributed by atoms with Crippen LogP contribution in [0.3, 0.4) is 0 Å². The Kier molecular flexibility index (Phi) is 6.86. The van der Waals surface area contributed by atoms with Crippen molar-refractivity contribution >= 4 is 59.9 Å². The predicted octanol–water partition coefficient (Wildman–Crippen LogP) is 5.12. The zero-order valence-electron chi connectivity index (χ0n) is 15.6. The summed E-state index contributed by atoms with van der Waals surface area (Å²) in [4.78, 5) is 22.7. The molecule has 0 saturated carbocycles. The minimum atomic E-state index is -0.0103. The summed E-state index contributed by atoms with van der Waals surface area (Å²) in [6.07, 6.45) is 0. The summed E-state index contributed by atoms with van der Waals surface area (Å²) in [6, 6.07) is 9.58. The molecule has 1 aromatic carbocycles. The quantitative estimate of drug-likeness (QED) is 0.461. The van der Waals surface area contributed by atoms with Crippen LogP contribution in [0.4, 0.5) is 5.13 Å². The normalized spacial score (nSPS) is 11.3. The van der Waals surface area contributed by atoms with Gasteiger partial charge in [0, 0.05) is 19.2 Å². The number of hydrogen-bond donors (Lipinski definition) is 0. The number of amides is 1. The zero-order chi connectivity index (χ0) is 19.4. The van der Waals surface area contributed by atoms with Gasteiger partial charge in [0.2, 0.25) is 0 Å². The van der Waals surface area contributed by atoms with Crippen molar-refractivity contribution in [3.8, 4) is 5.75 Å². The van der Waals surface area contributed by atoms with Crippen LogP contribution in [0.2, 0.25) is 0 Å². The fourth-order valence-corrected chi connectivity index (χ4v) is 5.07. The largest absolute Gasteiger partial charge is 0.497 e. The van der Waals surface area contributed by atoms with Crippen molar-refractivity contribution in [2.24, 2.45) is 0 Å². The van der Waals surface area contributed by atoms with E-state index in [1.165, 1.54) is 22.7 Å². The van der Waals surface area contributed by atoms with Crippen LogP contribution in [0.1, 0.15) is 23.5 Å². The molecule has 144 valence electrons. The number of thiophene rings is 1. The lowest BCUT2D eigenvalue weighted by molar-refractivity contribution is 0.0987. The van der Waals surface area contributed by atoms with Gasteiger partial charge in [0.25, 0.3) is 5.91 Å². The molecule has 27 heavy (non-hydrogen) atoms. The zero-order valence-corrected chi connectivity index (χ0v) is 18.8. The number of likely N-dealkylation sites (N-methyl/N-ethyl adjacent to an activating group) is 1. The molecule has 0 unspecified atom stereocenters. The van der Waals surface area contributed by atoms with E-state index in [0.717, 1.165) is 44.5 Å².